The van der Waals surface area contributed by atoms with Crippen molar-refractivity contribution in [1.29, 1.82) is 0 Å². The first-order valence-electron chi connectivity index (χ1n) is 8.22. The van der Waals surface area contributed by atoms with Crippen molar-refractivity contribution < 1.29 is 38.0 Å². The smallest absolute Gasteiger partial charge is 0.389 e. The highest BCUT2D eigenvalue weighted by atomic mass is 19.4. The molecule has 2 rings (SSSR count). The van der Waals surface area contributed by atoms with Gasteiger partial charge in [0.25, 0.3) is 0 Å². The minimum Gasteiger partial charge on any atom is -0.494 e. The zero-order valence-corrected chi connectivity index (χ0v) is 13.7. The molecule has 3 N–H and O–H groups in total. The van der Waals surface area contributed by atoms with Crippen LogP contribution in [0.2, 0.25) is 0 Å². The van der Waals surface area contributed by atoms with E-state index in [1.807, 2.05) is 0 Å². The Morgan fingerprint density at radius 2 is 1.96 bits per heavy atom. The van der Waals surface area contributed by atoms with E-state index in [1.165, 1.54) is 0 Å². The molecular formula is C17H23F3O5. The maximum absolute atomic E-state index is 12.1. The first kappa shape index (κ1) is 20.0. The van der Waals surface area contributed by atoms with Crippen LogP contribution in [0.1, 0.15) is 37.4 Å². The van der Waals surface area contributed by atoms with Gasteiger partial charge in [-0.05, 0) is 30.5 Å². The molecule has 0 saturated carbocycles. The van der Waals surface area contributed by atoms with Gasteiger partial charge in [0, 0.05) is 12.8 Å². The summed E-state index contributed by atoms with van der Waals surface area (Å²) in [5.41, 5.74) is 0.567. The summed E-state index contributed by atoms with van der Waals surface area (Å²) < 4.78 is 47.3. The van der Waals surface area contributed by atoms with Crippen LogP contribution < -0.4 is 4.74 Å². The highest BCUT2D eigenvalue weighted by Gasteiger charge is 2.37. The van der Waals surface area contributed by atoms with Crippen molar-refractivity contribution in [2.45, 2.75) is 56.3 Å². The summed E-state index contributed by atoms with van der Waals surface area (Å²) in [6, 6.07) is 6.63. The quantitative estimate of drug-likeness (QED) is 0.648. The molecule has 5 nitrogen and oxygen atoms in total. The van der Waals surface area contributed by atoms with E-state index in [1.54, 1.807) is 24.3 Å². The van der Waals surface area contributed by atoms with E-state index in [4.69, 9.17) is 9.47 Å². The summed E-state index contributed by atoms with van der Waals surface area (Å²) in [6.07, 6.45) is -8.10. The molecule has 4 atom stereocenters. The normalized spacial score (nSPS) is 27.3. The van der Waals surface area contributed by atoms with Crippen molar-refractivity contribution in [2.75, 3.05) is 13.2 Å². The Hall–Kier alpha value is -1.35. The van der Waals surface area contributed by atoms with Gasteiger partial charge in [-0.15, -0.1) is 0 Å². The highest BCUT2D eigenvalue weighted by molar-refractivity contribution is 5.31. The van der Waals surface area contributed by atoms with Crippen molar-refractivity contribution >= 4 is 0 Å². The Labute approximate surface area is 144 Å². The largest absolute Gasteiger partial charge is 0.494 e. The fourth-order valence-electron chi connectivity index (χ4n) is 2.75. The van der Waals surface area contributed by atoms with Gasteiger partial charge in [-0.1, -0.05) is 12.1 Å². The van der Waals surface area contributed by atoms with Gasteiger partial charge in [0.1, 0.15) is 18.0 Å². The van der Waals surface area contributed by atoms with Gasteiger partial charge in [0.2, 0.25) is 0 Å². The Morgan fingerprint density at radius 1 is 1.20 bits per heavy atom. The third kappa shape index (κ3) is 6.14. The number of aliphatic hydroxyl groups is 3. The molecule has 1 heterocycles. The lowest BCUT2D eigenvalue weighted by Crippen LogP contribution is -2.44. The monoisotopic (exact) mass is 364 g/mol. The molecule has 0 radical (unpaired) electrons. The van der Waals surface area contributed by atoms with E-state index in [2.05, 4.69) is 0 Å². The SMILES string of the molecule is OCC1CC(O)C(O)[C@@H](c2cccc(OCCCCC(F)(F)F)c2)O1. The summed E-state index contributed by atoms with van der Waals surface area (Å²) in [7, 11) is 0. The fourth-order valence-corrected chi connectivity index (χ4v) is 2.75. The molecule has 142 valence electrons. The van der Waals surface area contributed by atoms with E-state index in [0.717, 1.165) is 0 Å². The Balaban J connectivity index is 1.91. The van der Waals surface area contributed by atoms with Crippen LogP contribution >= 0.6 is 0 Å². The van der Waals surface area contributed by atoms with Gasteiger partial charge in [-0.2, -0.15) is 13.2 Å². The molecule has 0 bridgehead atoms. The maximum atomic E-state index is 12.1. The molecule has 0 spiro atoms. The summed E-state index contributed by atoms with van der Waals surface area (Å²) in [5, 5.41) is 29.2. The average molecular weight is 364 g/mol. The predicted octanol–water partition coefficient (Wildman–Crippen LogP) is 2.34. The lowest BCUT2D eigenvalue weighted by Gasteiger charge is -2.36. The fraction of sp³-hybridized carbons (Fsp3) is 0.647. The number of unbranched alkanes of at least 4 members (excludes halogenated alkanes) is 1. The van der Waals surface area contributed by atoms with Gasteiger partial charge >= 0.3 is 6.18 Å². The minimum atomic E-state index is -4.15. The Bertz CT molecular complexity index is 537. The standard InChI is InChI=1S/C17H23F3O5/c18-17(19,20)6-1-2-7-24-12-5-3-4-11(8-12)16-15(23)14(22)9-13(10-21)25-16/h3-5,8,13-16,21-23H,1-2,6-7,9-10H2/t13?,14?,15?,16-/m1/s1. The predicted molar refractivity (Wildman–Crippen MR) is 83.2 cm³/mol. The zero-order chi connectivity index (χ0) is 18.4. The molecule has 25 heavy (non-hydrogen) atoms. The maximum Gasteiger partial charge on any atom is 0.389 e. The van der Waals surface area contributed by atoms with Gasteiger partial charge in [0.15, 0.2) is 0 Å². The molecule has 3 unspecified atom stereocenters. The van der Waals surface area contributed by atoms with E-state index < -0.39 is 37.0 Å². The third-order valence-electron chi connectivity index (χ3n) is 4.06. The van der Waals surface area contributed by atoms with Crippen LogP contribution in [0.5, 0.6) is 5.75 Å². The van der Waals surface area contributed by atoms with Crippen molar-refractivity contribution in [3.8, 4) is 5.75 Å². The average Bonchev–Trinajstić information content (AvgIpc) is 2.56. The zero-order valence-electron chi connectivity index (χ0n) is 13.7. The molecule has 8 heteroatoms. The van der Waals surface area contributed by atoms with Gasteiger partial charge < -0.3 is 24.8 Å². The molecule has 1 aromatic rings. The number of hydrogen-bond donors (Lipinski definition) is 3. The molecule has 0 amide bonds. The Morgan fingerprint density at radius 3 is 2.64 bits per heavy atom. The second-order valence-corrected chi connectivity index (χ2v) is 6.15. The van der Waals surface area contributed by atoms with Crippen LogP contribution in [-0.2, 0) is 4.74 Å². The third-order valence-corrected chi connectivity index (χ3v) is 4.06. The topological polar surface area (TPSA) is 79.2 Å². The second-order valence-electron chi connectivity index (χ2n) is 6.15. The van der Waals surface area contributed by atoms with Gasteiger partial charge in [-0.3, -0.25) is 0 Å². The molecule has 1 saturated heterocycles. The van der Waals surface area contributed by atoms with Crippen LogP contribution in [-0.4, -0.2) is 53.0 Å². The molecule has 0 aliphatic carbocycles. The van der Waals surface area contributed by atoms with Gasteiger partial charge in [-0.25, -0.2) is 0 Å². The van der Waals surface area contributed by atoms with E-state index in [9.17, 15) is 28.5 Å². The number of rotatable bonds is 7. The summed E-state index contributed by atoms with van der Waals surface area (Å²) in [5.74, 6) is 0.445. The molecule has 0 aromatic heterocycles. The first-order valence-corrected chi connectivity index (χ1v) is 8.22. The van der Waals surface area contributed by atoms with Crippen molar-refractivity contribution in [2.24, 2.45) is 0 Å². The molecule has 1 aliphatic rings. The summed E-state index contributed by atoms with van der Waals surface area (Å²) in [4.78, 5) is 0. The highest BCUT2D eigenvalue weighted by Crippen LogP contribution is 2.33. The van der Waals surface area contributed by atoms with E-state index in [0.29, 0.717) is 11.3 Å². The first-order chi connectivity index (χ1) is 11.8. The molecule has 1 aromatic carbocycles. The summed E-state index contributed by atoms with van der Waals surface area (Å²) >= 11 is 0. The molecule has 1 aliphatic heterocycles. The molecular weight excluding hydrogens is 341 g/mol. The minimum absolute atomic E-state index is 0.00197. The van der Waals surface area contributed by atoms with Crippen LogP contribution in [0.15, 0.2) is 24.3 Å². The lowest BCUT2D eigenvalue weighted by molar-refractivity contribution is -0.179. The van der Waals surface area contributed by atoms with Crippen LogP contribution in [0, 0.1) is 0 Å². The second kappa shape index (κ2) is 8.84. The van der Waals surface area contributed by atoms with E-state index in [-0.39, 0.29) is 32.5 Å². The van der Waals surface area contributed by atoms with Crippen LogP contribution in [0.4, 0.5) is 13.2 Å². The van der Waals surface area contributed by atoms with Crippen molar-refractivity contribution in [1.82, 2.24) is 0 Å². The number of benzene rings is 1. The van der Waals surface area contributed by atoms with Crippen LogP contribution in [0.25, 0.3) is 0 Å². The summed E-state index contributed by atoms with van der Waals surface area (Å²) in [6.45, 7) is -0.120. The lowest BCUT2D eigenvalue weighted by atomic mass is 9.93. The Kier molecular flexibility index (Phi) is 7.06. The number of halogens is 3. The number of aliphatic hydroxyl groups excluding tert-OH is 3. The number of alkyl halides is 3. The van der Waals surface area contributed by atoms with Crippen LogP contribution in [0.3, 0.4) is 0 Å². The number of ether oxygens (including phenoxy) is 2. The van der Waals surface area contributed by atoms with E-state index >= 15 is 0 Å². The molecule has 1 fully saturated rings. The van der Waals surface area contributed by atoms with Crippen molar-refractivity contribution in [3.05, 3.63) is 29.8 Å². The van der Waals surface area contributed by atoms with Gasteiger partial charge in [0.05, 0.1) is 25.4 Å². The van der Waals surface area contributed by atoms with Crippen molar-refractivity contribution in [3.63, 3.8) is 0 Å². The number of hydrogen-bond acceptors (Lipinski definition) is 5.